The number of rotatable bonds is 7. The van der Waals surface area contributed by atoms with Gasteiger partial charge in [0.25, 0.3) is 0 Å². The second-order valence-corrected chi connectivity index (χ2v) is 5.01. The van der Waals surface area contributed by atoms with E-state index in [-0.39, 0.29) is 18.1 Å². The van der Waals surface area contributed by atoms with Crippen molar-refractivity contribution < 1.29 is 9.90 Å². The predicted octanol–water partition coefficient (Wildman–Crippen LogP) is 1.17. The molecule has 0 radical (unpaired) electrons. The highest BCUT2D eigenvalue weighted by molar-refractivity contribution is 5.86. The molecule has 2 unspecified atom stereocenters. The number of amides is 1. The maximum Gasteiger partial charge on any atom is 0.240 e. The van der Waals surface area contributed by atoms with Gasteiger partial charge < -0.3 is 16.2 Å². The summed E-state index contributed by atoms with van der Waals surface area (Å²) in [6.07, 6.45) is 2.87. The molecule has 0 saturated carbocycles. The molecular formula is C12H26N2O2. The van der Waals surface area contributed by atoms with E-state index in [1.807, 2.05) is 20.8 Å². The third-order valence-electron chi connectivity index (χ3n) is 3.15. The zero-order valence-corrected chi connectivity index (χ0v) is 11.0. The zero-order chi connectivity index (χ0) is 12.8. The minimum Gasteiger partial charge on any atom is -0.396 e. The standard InChI is InChI=1S/C12H26N2O2/c1-5-7-12(4,13)10(16)14-11(3,6-2)8-9-15/h15H,5-9,13H2,1-4H3,(H,14,16). The third kappa shape index (κ3) is 4.49. The summed E-state index contributed by atoms with van der Waals surface area (Å²) in [5.41, 5.74) is 4.77. The van der Waals surface area contributed by atoms with E-state index in [0.717, 1.165) is 12.8 Å². The lowest BCUT2D eigenvalue weighted by Gasteiger charge is -2.33. The molecule has 0 aliphatic rings. The Balaban J connectivity index is 4.52. The van der Waals surface area contributed by atoms with Gasteiger partial charge in [0.05, 0.1) is 5.54 Å². The normalized spacial score (nSPS) is 18.6. The molecule has 0 rings (SSSR count). The van der Waals surface area contributed by atoms with E-state index >= 15 is 0 Å². The average Bonchev–Trinajstić information content (AvgIpc) is 2.18. The van der Waals surface area contributed by atoms with E-state index in [9.17, 15) is 4.79 Å². The van der Waals surface area contributed by atoms with Gasteiger partial charge in [0.1, 0.15) is 0 Å². The van der Waals surface area contributed by atoms with Crippen LogP contribution in [0.4, 0.5) is 0 Å². The van der Waals surface area contributed by atoms with E-state index in [4.69, 9.17) is 10.8 Å². The molecule has 0 fully saturated rings. The van der Waals surface area contributed by atoms with Crippen LogP contribution in [-0.2, 0) is 4.79 Å². The Morgan fingerprint density at radius 2 is 1.88 bits per heavy atom. The topological polar surface area (TPSA) is 75.4 Å². The summed E-state index contributed by atoms with van der Waals surface area (Å²) in [5, 5.41) is 11.9. The van der Waals surface area contributed by atoms with Crippen molar-refractivity contribution in [1.82, 2.24) is 5.32 Å². The van der Waals surface area contributed by atoms with Crippen molar-refractivity contribution in [2.24, 2.45) is 5.73 Å². The second-order valence-electron chi connectivity index (χ2n) is 5.01. The first-order valence-corrected chi connectivity index (χ1v) is 6.03. The minimum atomic E-state index is -0.819. The Bertz CT molecular complexity index is 229. The number of carbonyl (C=O) groups is 1. The van der Waals surface area contributed by atoms with Crippen LogP contribution < -0.4 is 11.1 Å². The number of nitrogens with two attached hydrogens (primary N) is 1. The molecule has 1 amide bonds. The van der Waals surface area contributed by atoms with Gasteiger partial charge in [-0.25, -0.2) is 0 Å². The summed E-state index contributed by atoms with van der Waals surface area (Å²) < 4.78 is 0. The van der Waals surface area contributed by atoms with Gasteiger partial charge in [-0.1, -0.05) is 20.3 Å². The van der Waals surface area contributed by atoms with Crippen LogP contribution in [-0.4, -0.2) is 28.7 Å². The maximum atomic E-state index is 12.0. The molecule has 96 valence electrons. The first kappa shape index (κ1) is 15.4. The first-order valence-electron chi connectivity index (χ1n) is 6.03. The smallest absolute Gasteiger partial charge is 0.240 e. The molecule has 0 aromatic rings. The Labute approximate surface area is 98.6 Å². The molecule has 0 aromatic heterocycles. The van der Waals surface area contributed by atoms with Crippen LogP contribution in [0, 0.1) is 0 Å². The highest BCUT2D eigenvalue weighted by Crippen LogP contribution is 2.17. The minimum absolute atomic E-state index is 0.0691. The fraction of sp³-hybridized carbons (Fsp3) is 0.917. The van der Waals surface area contributed by atoms with Crippen molar-refractivity contribution in [3.63, 3.8) is 0 Å². The number of carbonyl (C=O) groups excluding carboxylic acids is 1. The quantitative estimate of drug-likeness (QED) is 0.614. The number of aliphatic hydroxyl groups excluding tert-OH is 1. The third-order valence-corrected chi connectivity index (χ3v) is 3.15. The largest absolute Gasteiger partial charge is 0.396 e. The van der Waals surface area contributed by atoms with Gasteiger partial charge >= 0.3 is 0 Å². The molecule has 2 atom stereocenters. The van der Waals surface area contributed by atoms with Crippen molar-refractivity contribution in [3.8, 4) is 0 Å². The van der Waals surface area contributed by atoms with Crippen molar-refractivity contribution >= 4 is 5.91 Å². The van der Waals surface area contributed by atoms with Gasteiger partial charge in [-0.3, -0.25) is 4.79 Å². The lowest BCUT2D eigenvalue weighted by molar-refractivity contribution is -0.128. The monoisotopic (exact) mass is 230 g/mol. The fourth-order valence-electron chi connectivity index (χ4n) is 1.62. The number of nitrogens with one attached hydrogen (secondary N) is 1. The first-order chi connectivity index (χ1) is 7.31. The molecule has 0 saturated heterocycles. The molecule has 0 spiro atoms. The highest BCUT2D eigenvalue weighted by Gasteiger charge is 2.32. The zero-order valence-electron chi connectivity index (χ0n) is 11.0. The molecule has 16 heavy (non-hydrogen) atoms. The Kier molecular flexibility index (Phi) is 5.97. The van der Waals surface area contributed by atoms with Gasteiger partial charge in [-0.15, -0.1) is 0 Å². The molecule has 0 heterocycles. The van der Waals surface area contributed by atoms with E-state index < -0.39 is 5.54 Å². The maximum absolute atomic E-state index is 12.0. The fourth-order valence-corrected chi connectivity index (χ4v) is 1.62. The molecule has 4 N–H and O–H groups in total. The van der Waals surface area contributed by atoms with Crippen molar-refractivity contribution in [2.45, 2.75) is 64.5 Å². The van der Waals surface area contributed by atoms with Crippen LogP contribution in [0.2, 0.25) is 0 Å². The summed E-state index contributed by atoms with van der Waals surface area (Å²) in [4.78, 5) is 12.0. The van der Waals surface area contributed by atoms with Gasteiger partial charge in [0.15, 0.2) is 0 Å². The summed E-state index contributed by atoms with van der Waals surface area (Å²) in [7, 11) is 0. The molecule has 0 bridgehead atoms. The SMILES string of the molecule is CCCC(C)(N)C(=O)NC(C)(CC)CCO. The molecule has 4 nitrogen and oxygen atoms in total. The Hall–Kier alpha value is -0.610. The van der Waals surface area contributed by atoms with Gasteiger partial charge in [0, 0.05) is 12.1 Å². The van der Waals surface area contributed by atoms with Crippen molar-refractivity contribution in [2.75, 3.05) is 6.61 Å². The van der Waals surface area contributed by atoms with Crippen LogP contribution in [0.15, 0.2) is 0 Å². The molecule has 4 heteroatoms. The van der Waals surface area contributed by atoms with E-state index in [0.29, 0.717) is 12.8 Å². The predicted molar refractivity (Wildman–Crippen MR) is 66.0 cm³/mol. The van der Waals surface area contributed by atoms with E-state index in [1.165, 1.54) is 0 Å². The molecule has 0 aliphatic carbocycles. The molecule has 0 aliphatic heterocycles. The van der Waals surface area contributed by atoms with Crippen LogP contribution in [0.1, 0.15) is 53.4 Å². The summed E-state index contributed by atoms with van der Waals surface area (Å²) in [6, 6.07) is 0. The van der Waals surface area contributed by atoms with Crippen LogP contribution >= 0.6 is 0 Å². The van der Waals surface area contributed by atoms with E-state index in [1.54, 1.807) is 6.92 Å². The van der Waals surface area contributed by atoms with Crippen molar-refractivity contribution in [1.29, 1.82) is 0 Å². The molecule has 0 aromatic carbocycles. The lowest BCUT2D eigenvalue weighted by atomic mass is 9.90. The van der Waals surface area contributed by atoms with Gasteiger partial charge in [-0.2, -0.15) is 0 Å². The molecular weight excluding hydrogens is 204 g/mol. The summed E-state index contributed by atoms with van der Waals surface area (Å²) in [5.74, 6) is -0.132. The highest BCUT2D eigenvalue weighted by atomic mass is 16.3. The number of hydrogen-bond acceptors (Lipinski definition) is 3. The number of hydrogen-bond donors (Lipinski definition) is 3. The van der Waals surface area contributed by atoms with Crippen molar-refractivity contribution in [3.05, 3.63) is 0 Å². The van der Waals surface area contributed by atoms with Gasteiger partial charge in [-0.05, 0) is 33.1 Å². The average molecular weight is 230 g/mol. The summed E-state index contributed by atoms with van der Waals surface area (Å²) in [6.45, 7) is 7.75. The lowest BCUT2D eigenvalue weighted by Crippen LogP contribution is -2.58. The van der Waals surface area contributed by atoms with Crippen LogP contribution in [0.3, 0.4) is 0 Å². The number of aliphatic hydroxyl groups is 1. The Morgan fingerprint density at radius 1 is 1.31 bits per heavy atom. The second kappa shape index (κ2) is 6.21. The van der Waals surface area contributed by atoms with Crippen LogP contribution in [0.5, 0.6) is 0 Å². The van der Waals surface area contributed by atoms with Crippen LogP contribution in [0.25, 0.3) is 0 Å². The van der Waals surface area contributed by atoms with Gasteiger partial charge in [0.2, 0.25) is 5.91 Å². The Morgan fingerprint density at radius 3 is 2.25 bits per heavy atom. The van der Waals surface area contributed by atoms with E-state index in [2.05, 4.69) is 5.32 Å². The summed E-state index contributed by atoms with van der Waals surface area (Å²) >= 11 is 0.